The molecule has 19 heavy (non-hydrogen) atoms. The smallest absolute Gasteiger partial charge is 0.243 e. The van der Waals surface area contributed by atoms with Gasteiger partial charge in [-0.1, -0.05) is 51.2 Å². The quantitative estimate of drug-likeness (QED) is 0.272. The first-order chi connectivity index (χ1) is 9.04. The highest BCUT2D eigenvalue weighted by Crippen LogP contribution is 2.16. The number of hydrogen-bond donors (Lipinski definition) is 1. The Kier molecular flexibility index (Phi) is 9.41. The summed E-state index contributed by atoms with van der Waals surface area (Å²) in [7, 11) is 0. The molecule has 106 valence electrons. The summed E-state index contributed by atoms with van der Waals surface area (Å²) in [6.45, 7) is 11.3. The Morgan fingerprint density at radius 2 is 2.05 bits per heavy atom. The van der Waals surface area contributed by atoms with Crippen molar-refractivity contribution >= 4 is 5.90 Å². The first-order valence-electron chi connectivity index (χ1n) is 6.58. The van der Waals surface area contributed by atoms with Crippen molar-refractivity contribution in [1.82, 2.24) is 0 Å². The second-order valence-corrected chi connectivity index (χ2v) is 4.44. The van der Waals surface area contributed by atoms with E-state index in [1.54, 1.807) is 12.2 Å². The van der Waals surface area contributed by atoms with E-state index in [9.17, 15) is 4.39 Å². The topological polar surface area (TPSA) is 33.1 Å². The van der Waals surface area contributed by atoms with E-state index in [2.05, 4.69) is 13.2 Å². The van der Waals surface area contributed by atoms with Gasteiger partial charge in [-0.15, -0.1) is 6.58 Å². The molecular formula is C16H24FNO. The molecule has 0 aliphatic carbocycles. The minimum atomic E-state index is -0.676. The number of allylic oxidation sites excluding steroid dienone is 5. The van der Waals surface area contributed by atoms with E-state index >= 15 is 0 Å². The van der Waals surface area contributed by atoms with Crippen LogP contribution in [0.3, 0.4) is 0 Å². The van der Waals surface area contributed by atoms with E-state index in [0.717, 1.165) is 19.3 Å². The highest BCUT2D eigenvalue weighted by Gasteiger charge is 2.16. The standard InChI is InChI=1S/C16H24FNO/c1-5-8-9-11-15(17)16(18)19-14(10-6-2)12-13(4)7-3/h5,7-9,11,13-14,18H,1,3,6,10,12H2,2,4H3/b9-8-,15-11+,18-16?/t13-,14+/m0/s1. The third-order valence-electron chi connectivity index (χ3n) is 2.64. The van der Waals surface area contributed by atoms with Crippen LogP contribution in [0, 0.1) is 11.3 Å². The average Bonchev–Trinajstić information content (AvgIpc) is 2.38. The normalized spacial score (nSPS) is 15.0. The molecule has 2 atom stereocenters. The maximum Gasteiger partial charge on any atom is 0.243 e. The Hall–Kier alpha value is -1.64. The summed E-state index contributed by atoms with van der Waals surface area (Å²) in [4.78, 5) is 0. The number of nitrogens with one attached hydrogen (secondary N) is 1. The van der Waals surface area contributed by atoms with Crippen LogP contribution in [0.25, 0.3) is 0 Å². The van der Waals surface area contributed by atoms with Crippen LogP contribution < -0.4 is 0 Å². The molecule has 1 N–H and O–H groups in total. The lowest BCUT2D eigenvalue weighted by atomic mass is 10.0. The van der Waals surface area contributed by atoms with Crippen LogP contribution in [0.1, 0.15) is 33.1 Å². The minimum absolute atomic E-state index is 0.145. The predicted octanol–water partition coefficient (Wildman–Crippen LogP) is 4.96. The molecule has 0 aliphatic heterocycles. The fourth-order valence-electron chi connectivity index (χ4n) is 1.58. The molecule has 0 fully saturated rings. The van der Waals surface area contributed by atoms with Gasteiger partial charge in [0.25, 0.3) is 0 Å². The fourth-order valence-corrected chi connectivity index (χ4v) is 1.58. The van der Waals surface area contributed by atoms with Gasteiger partial charge in [0.05, 0.1) is 0 Å². The molecule has 2 nitrogen and oxygen atoms in total. The summed E-state index contributed by atoms with van der Waals surface area (Å²) in [5.74, 6) is -0.800. The summed E-state index contributed by atoms with van der Waals surface area (Å²) >= 11 is 0. The van der Waals surface area contributed by atoms with Crippen molar-refractivity contribution in [1.29, 1.82) is 5.41 Å². The lowest BCUT2D eigenvalue weighted by molar-refractivity contribution is 0.151. The second kappa shape index (κ2) is 10.3. The predicted molar refractivity (Wildman–Crippen MR) is 80.0 cm³/mol. The zero-order valence-electron chi connectivity index (χ0n) is 11.9. The molecule has 0 rings (SSSR count). The lowest BCUT2D eigenvalue weighted by Crippen LogP contribution is -2.20. The van der Waals surface area contributed by atoms with Crippen molar-refractivity contribution in [3.63, 3.8) is 0 Å². The van der Waals surface area contributed by atoms with Gasteiger partial charge in [0.2, 0.25) is 5.90 Å². The SMILES string of the molecule is C=C/C=C\C=C(\F)C(=N)O[C@H](CCC)C[C@@H](C)C=C. The molecule has 0 aromatic rings. The van der Waals surface area contributed by atoms with Gasteiger partial charge in [-0.05, 0) is 24.8 Å². The molecule has 0 amide bonds. The highest BCUT2D eigenvalue weighted by atomic mass is 19.1. The van der Waals surface area contributed by atoms with Gasteiger partial charge >= 0.3 is 0 Å². The maximum atomic E-state index is 13.5. The molecule has 0 spiro atoms. The zero-order chi connectivity index (χ0) is 14.7. The van der Waals surface area contributed by atoms with Crippen LogP contribution in [0.5, 0.6) is 0 Å². The van der Waals surface area contributed by atoms with Crippen LogP contribution in [0.2, 0.25) is 0 Å². The Morgan fingerprint density at radius 3 is 2.58 bits per heavy atom. The number of rotatable bonds is 9. The Morgan fingerprint density at radius 1 is 1.37 bits per heavy atom. The van der Waals surface area contributed by atoms with Gasteiger partial charge in [0, 0.05) is 0 Å². The minimum Gasteiger partial charge on any atom is -0.473 e. The van der Waals surface area contributed by atoms with Crippen molar-refractivity contribution in [2.45, 2.75) is 39.2 Å². The molecular weight excluding hydrogens is 241 g/mol. The summed E-state index contributed by atoms with van der Waals surface area (Å²) < 4.78 is 18.9. The third kappa shape index (κ3) is 8.14. The molecule has 0 unspecified atom stereocenters. The number of hydrogen-bond acceptors (Lipinski definition) is 2. The molecule has 0 aromatic carbocycles. The molecule has 0 aliphatic rings. The van der Waals surface area contributed by atoms with Crippen LogP contribution in [0.4, 0.5) is 4.39 Å². The van der Waals surface area contributed by atoms with Crippen molar-refractivity contribution in [3.05, 3.63) is 49.4 Å². The van der Waals surface area contributed by atoms with Crippen molar-refractivity contribution in [2.24, 2.45) is 5.92 Å². The van der Waals surface area contributed by atoms with E-state index in [4.69, 9.17) is 10.1 Å². The summed E-state index contributed by atoms with van der Waals surface area (Å²) in [5.41, 5.74) is 0. The van der Waals surface area contributed by atoms with E-state index in [1.807, 2.05) is 19.9 Å². The molecule has 3 heteroatoms. The summed E-state index contributed by atoms with van der Waals surface area (Å²) in [5, 5.41) is 7.59. The van der Waals surface area contributed by atoms with Crippen molar-refractivity contribution < 1.29 is 9.13 Å². The van der Waals surface area contributed by atoms with Crippen LogP contribution >= 0.6 is 0 Å². The van der Waals surface area contributed by atoms with Gasteiger partial charge in [0.15, 0.2) is 5.83 Å². The molecule has 0 radical (unpaired) electrons. The Labute approximate surface area is 115 Å². The van der Waals surface area contributed by atoms with Gasteiger partial charge in [-0.2, -0.15) is 0 Å². The molecule has 0 heterocycles. The summed E-state index contributed by atoms with van der Waals surface area (Å²) in [6.07, 6.45) is 10.00. The number of halogens is 1. The van der Waals surface area contributed by atoms with Gasteiger partial charge in [-0.3, -0.25) is 5.41 Å². The largest absolute Gasteiger partial charge is 0.473 e. The van der Waals surface area contributed by atoms with Gasteiger partial charge in [0.1, 0.15) is 6.10 Å². The molecule has 0 saturated carbocycles. The van der Waals surface area contributed by atoms with E-state index in [-0.39, 0.29) is 12.0 Å². The van der Waals surface area contributed by atoms with Crippen molar-refractivity contribution in [2.75, 3.05) is 0 Å². The Balaban J connectivity index is 4.52. The molecule has 0 bridgehead atoms. The number of ether oxygens (including phenoxy) is 1. The third-order valence-corrected chi connectivity index (χ3v) is 2.64. The first-order valence-corrected chi connectivity index (χ1v) is 6.58. The van der Waals surface area contributed by atoms with Crippen molar-refractivity contribution in [3.8, 4) is 0 Å². The Bertz CT molecular complexity index is 358. The highest BCUT2D eigenvalue weighted by molar-refractivity contribution is 5.88. The lowest BCUT2D eigenvalue weighted by Gasteiger charge is -2.20. The fraction of sp³-hybridized carbons (Fsp3) is 0.438. The van der Waals surface area contributed by atoms with Crippen LogP contribution in [0.15, 0.2) is 49.4 Å². The van der Waals surface area contributed by atoms with E-state index in [0.29, 0.717) is 0 Å². The maximum absolute atomic E-state index is 13.5. The molecule has 0 aromatic heterocycles. The monoisotopic (exact) mass is 265 g/mol. The zero-order valence-corrected chi connectivity index (χ0v) is 11.9. The molecule has 0 saturated heterocycles. The first kappa shape index (κ1) is 17.4. The summed E-state index contributed by atoms with van der Waals surface area (Å²) in [6, 6.07) is 0. The van der Waals surface area contributed by atoms with Gasteiger partial charge in [-0.25, -0.2) is 4.39 Å². The van der Waals surface area contributed by atoms with E-state index in [1.165, 1.54) is 12.2 Å². The van der Waals surface area contributed by atoms with Crippen LogP contribution in [-0.4, -0.2) is 12.0 Å². The van der Waals surface area contributed by atoms with Gasteiger partial charge < -0.3 is 4.74 Å². The van der Waals surface area contributed by atoms with Crippen LogP contribution in [-0.2, 0) is 4.74 Å². The van der Waals surface area contributed by atoms with E-state index < -0.39 is 11.7 Å². The average molecular weight is 265 g/mol. The second-order valence-electron chi connectivity index (χ2n) is 4.44.